The molecule has 0 atom stereocenters. The summed E-state index contributed by atoms with van der Waals surface area (Å²) in [4.78, 5) is 14.9. The van der Waals surface area contributed by atoms with Gasteiger partial charge in [0, 0.05) is 18.7 Å². The van der Waals surface area contributed by atoms with E-state index in [1.54, 1.807) is 12.1 Å². The van der Waals surface area contributed by atoms with Crippen LogP contribution in [0.2, 0.25) is 5.02 Å². The molecule has 0 saturated carbocycles. The number of hydrogen-bond donors (Lipinski definition) is 0. The molecule has 3 heteroatoms. The Morgan fingerprint density at radius 3 is 2.92 bits per heavy atom. The van der Waals surface area contributed by atoms with Gasteiger partial charge >= 0.3 is 0 Å². The second-order valence-corrected chi connectivity index (χ2v) is 2.79. The van der Waals surface area contributed by atoms with Crippen LogP contribution in [0, 0.1) is 0 Å². The smallest absolute Gasteiger partial charge is 0.178 e. The van der Waals surface area contributed by atoms with Gasteiger partial charge in [-0.05, 0) is 6.07 Å². The van der Waals surface area contributed by atoms with Crippen LogP contribution >= 0.6 is 11.6 Å². The van der Waals surface area contributed by atoms with Crippen molar-refractivity contribution in [3.63, 3.8) is 0 Å². The zero-order valence-corrected chi connectivity index (χ0v) is 7.43. The van der Waals surface area contributed by atoms with E-state index in [0.29, 0.717) is 16.3 Å². The lowest BCUT2D eigenvalue weighted by Crippen LogP contribution is -1.99. The van der Waals surface area contributed by atoms with E-state index in [1.807, 2.05) is 0 Å². The molecular weight excluding hydrogens is 174 g/mol. The highest BCUT2D eigenvalue weighted by Crippen LogP contribution is 2.14. The molecule has 0 fully saturated rings. The van der Waals surface area contributed by atoms with Crippen LogP contribution in [0.25, 0.3) is 6.08 Å². The predicted molar refractivity (Wildman–Crippen MR) is 49.3 cm³/mol. The minimum atomic E-state index is -0.0819. The van der Waals surface area contributed by atoms with Gasteiger partial charge < -0.3 is 0 Å². The van der Waals surface area contributed by atoms with Crippen LogP contribution in [-0.2, 0) is 0 Å². The van der Waals surface area contributed by atoms with Crippen LogP contribution in [0.15, 0.2) is 18.8 Å². The third-order valence-electron chi connectivity index (χ3n) is 1.44. The molecule has 0 amide bonds. The maximum absolute atomic E-state index is 11.0. The quantitative estimate of drug-likeness (QED) is 0.657. The molecule has 0 spiro atoms. The molecule has 1 aromatic heterocycles. The minimum Gasteiger partial charge on any atom is -0.293 e. The number of aromatic nitrogens is 1. The van der Waals surface area contributed by atoms with Crippen molar-refractivity contribution in [1.29, 1.82) is 0 Å². The molecule has 62 valence electrons. The Morgan fingerprint density at radius 2 is 2.42 bits per heavy atom. The van der Waals surface area contributed by atoms with Crippen molar-refractivity contribution in [2.75, 3.05) is 0 Å². The summed E-state index contributed by atoms with van der Waals surface area (Å²) in [6, 6.07) is 1.66. The number of halogens is 1. The van der Waals surface area contributed by atoms with E-state index in [-0.39, 0.29) is 5.78 Å². The van der Waals surface area contributed by atoms with Gasteiger partial charge in [0.1, 0.15) is 5.69 Å². The summed E-state index contributed by atoms with van der Waals surface area (Å²) in [5.41, 5.74) is 1.09. The zero-order chi connectivity index (χ0) is 9.14. The van der Waals surface area contributed by atoms with Gasteiger partial charge in [0.05, 0.1) is 5.02 Å². The van der Waals surface area contributed by atoms with Crippen molar-refractivity contribution in [2.24, 2.45) is 0 Å². The first-order valence-corrected chi connectivity index (χ1v) is 3.82. The maximum atomic E-state index is 11.0. The van der Waals surface area contributed by atoms with Gasteiger partial charge in [-0.25, -0.2) is 0 Å². The first-order valence-electron chi connectivity index (χ1n) is 3.44. The van der Waals surface area contributed by atoms with E-state index in [1.165, 1.54) is 13.1 Å². The van der Waals surface area contributed by atoms with Crippen LogP contribution in [0.1, 0.15) is 23.0 Å². The Bertz CT molecular complexity index is 333. The van der Waals surface area contributed by atoms with Crippen LogP contribution in [-0.4, -0.2) is 10.8 Å². The lowest BCUT2D eigenvalue weighted by Gasteiger charge is -2.00. The second kappa shape index (κ2) is 3.50. The summed E-state index contributed by atoms with van der Waals surface area (Å²) in [7, 11) is 0. The van der Waals surface area contributed by atoms with Crippen molar-refractivity contribution < 1.29 is 4.79 Å². The number of hydrogen-bond acceptors (Lipinski definition) is 2. The molecule has 0 saturated heterocycles. The number of rotatable bonds is 2. The molecule has 1 aromatic rings. The van der Waals surface area contributed by atoms with E-state index in [9.17, 15) is 4.79 Å². The molecule has 0 aliphatic rings. The van der Waals surface area contributed by atoms with E-state index in [0.717, 1.165) is 0 Å². The Morgan fingerprint density at radius 1 is 1.75 bits per heavy atom. The molecule has 1 heterocycles. The number of Topliss-reactive ketones (excluding diaryl/α,β-unsaturated/α-hetero) is 1. The molecule has 2 nitrogen and oxygen atoms in total. The fourth-order valence-electron chi connectivity index (χ4n) is 0.905. The minimum absolute atomic E-state index is 0.0819. The highest BCUT2D eigenvalue weighted by molar-refractivity contribution is 6.30. The normalized spacial score (nSPS) is 9.50. The summed E-state index contributed by atoms with van der Waals surface area (Å²) in [5.74, 6) is -0.0819. The van der Waals surface area contributed by atoms with Crippen molar-refractivity contribution in [2.45, 2.75) is 6.92 Å². The maximum Gasteiger partial charge on any atom is 0.178 e. The molecule has 0 aromatic carbocycles. The van der Waals surface area contributed by atoms with Gasteiger partial charge in [0.2, 0.25) is 0 Å². The summed E-state index contributed by atoms with van der Waals surface area (Å²) in [6.45, 7) is 5.03. The van der Waals surface area contributed by atoms with Gasteiger partial charge in [0.15, 0.2) is 5.78 Å². The molecular formula is C9H8ClNO. The number of carbonyl (C=O) groups is 1. The van der Waals surface area contributed by atoms with Gasteiger partial charge in [0.25, 0.3) is 0 Å². The Hall–Kier alpha value is -1.15. The first-order chi connectivity index (χ1) is 5.65. The monoisotopic (exact) mass is 181 g/mol. The summed E-state index contributed by atoms with van der Waals surface area (Å²) in [6.07, 6.45) is 3.01. The molecule has 0 aliphatic carbocycles. The molecule has 0 radical (unpaired) electrons. The number of nitrogens with zero attached hydrogens (tertiary/aromatic N) is 1. The highest BCUT2D eigenvalue weighted by atomic mass is 35.5. The topological polar surface area (TPSA) is 30.0 Å². The van der Waals surface area contributed by atoms with E-state index < -0.39 is 0 Å². The van der Waals surface area contributed by atoms with Crippen molar-refractivity contribution in [3.8, 4) is 0 Å². The summed E-state index contributed by atoms with van der Waals surface area (Å²) >= 11 is 5.68. The van der Waals surface area contributed by atoms with Gasteiger partial charge in [-0.1, -0.05) is 24.3 Å². The van der Waals surface area contributed by atoms with Gasteiger partial charge in [-0.15, -0.1) is 0 Å². The molecule has 1 rings (SSSR count). The van der Waals surface area contributed by atoms with Crippen LogP contribution in [0.5, 0.6) is 0 Å². The van der Waals surface area contributed by atoms with E-state index >= 15 is 0 Å². The van der Waals surface area contributed by atoms with Crippen molar-refractivity contribution >= 4 is 23.5 Å². The van der Waals surface area contributed by atoms with E-state index in [4.69, 9.17) is 11.6 Å². The first kappa shape index (κ1) is 8.94. The van der Waals surface area contributed by atoms with Gasteiger partial charge in [-0.2, -0.15) is 0 Å². The summed E-state index contributed by atoms with van der Waals surface area (Å²) in [5, 5.41) is 0.509. The third kappa shape index (κ3) is 1.71. The highest BCUT2D eigenvalue weighted by Gasteiger charge is 2.05. The van der Waals surface area contributed by atoms with E-state index in [2.05, 4.69) is 11.6 Å². The van der Waals surface area contributed by atoms with Crippen LogP contribution in [0.4, 0.5) is 0 Å². The largest absolute Gasteiger partial charge is 0.293 e. The predicted octanol–water partition coefficient (Wildman–Crippen LogP) is 2.58. The molecule has 0 unspecified atom stereocenters. The molecule has 12 heavy (non-hydrogen) atoms. The molecule has 0 N–H and O–H groups in total. The molecule has 0 aliphatic heterocycles. The Balaban J connectivity index is 3.29. The van der Waals surface area contributed by atoms with Crippen molar-refractivity contribution in [3.05, 3.63) is 35.1 Å². The lowest BCUT2D eigenvalue weighted by molar-refractivity contribution is 0.101. The van der Waals surface area contributed by atoms with Crippen LogP contribution in [0.3, 0.4) is 0 Å². The fraction of sp³-hybridized carbons (Fsp3) is 0.111. The number of pyridine rings is 1. The second-order valence-electron chi connectivity index (χ2n) is 2.35. The number of ketones is 1. The number of carbonyl (C=O) groups excluding carboxylic acids is 1. The van der Waals surface area contributed by atoms with Crippen molar-refractivity contribution in [1.82, 2.24) is 4.98 Å². The standard InChI is InChI=1S/C9H8ClNO/c1-3-7-4-8(10)5-11-9(7)6(2)12/h3-5H,1H2,2H3. The van der Waals surface area contributed by atoms with Gasteiger partial charge in [-0.3, -0.25) is 9.78 Å². The average molecular weight is 182 g/mol. The summed E-state index contributed by atoms with van der Waals surface area (Å²) < 4.78 is 0. The Kier molecular flexibility index (Phi) is 2.61. The zero-order valence-electron chi connectivity index (χ0n) is 6.67. The lowest BCUT2D eigenvalue weighted by atomic mass is 10.1. The average Bonchev–Trinajstić information content (AvgIpc) is 2.03. The SMILES string of the molecule is C=Cc1cc(Cl)cnc1C(C)=O. The van der Waals surface area contributed by atoms with Crippen LogP contribution < -0.4 is 0 Å². The molecule has 0 bridgehead atoms. The third-order valence-corrected chi connectivity index (χ3v) is 1.64. The Labute approximate surface area is 75.9 Å². The fourth-order valence-corrected chi connectivity index (χ4v) is 1.07.